The fourth-order valence-electron chi connectivity index (χ4n) is 0.950. The van der Waals surface area contributed by atoms with Gasteiger partial charge in [-0.15, -0.1) is 0 Å². The Labute approximate surface area is 67.1 Å². The Balaban J connectivity index is 2.13. The van der Waals surface area contributed by atoms with Gasteiger partial charge in [-0.05, 0) is 0 Å². The van der Waals surface area contributed by atoms with Gasteiger partial charge in [0, 0.05) is 18.3 Å². The first-order valence-corrected chi connectivity index (χ1v) is 4.62. The van der Waals surface area contributed by atoms with Crippen LogP contribution in [0.4, 0.5) is 0 Å². The van der Waals surface area contributed by atoms with Crippen molar-refractivity contribution in [1.82, 2.24) is 4.31 Å². The van der Waals surface area contributed by atoms with Crippen LogP contribution in [0.5, 0.6) is 0 Å². The molecule has 0 aromatic carbocycles. The molecule has 0 aromatic heterocycles. The van der Waals surface area contributed by atoms with Crippen LogP contribution in [-0.2, 0) is 4.74 Å². The normalized spacial score (nSPS) is 21.9. The van der Waals surface area contributed by atoms with Crippen LogP contribution in [0, 0.1) is 0 Å². The summed E-state index contributed by atoms with van der Waals surface area (Å²) in [5, 5.41) is 0.707. The van der Waals surface area contributed by atoms with E-state index >= 15 is 0 Å². The first-order chi connectivity index (χ1) is 4.79. The maximum atomic E-state index is 5.23. The smallest absolute Gasteiger partial charge is 0.0603 e. The van der Waals surface area contributed by atoms with Gasteiger partial charge in [0.1, 0.15) is 0 Å². The Bertz CT molecular complexity index is 91.6. The summed E-state index contributed by atoms with van der Waals surface area (Å²) in [6, 6.07) is 0. The van der Waals surface area contributed by atoms with E-state index in [1.54, 1.807) is 0 Å². The fraction of sp³-hybridized carbons (Fsp3) is 1.00. The van der Waals surface area contributed by atoms with Crippen molar-refractivity contribution in [2.24, 2.45) is 0 Å². The van der Waals surface area contributed by atoms with Crippen LogP contribution in [0.15, 0.2) is 0 Å². The highest BCUT2D eigenvalue weighted by molar-refractivity contribution is 7.97. The van der Waals surface area contributed by atoms with Crippen LogP contribution in [0.25, 0.3) is 0 Å². The molecule has 3 heteroatoms. The van der Waals surface area contributed by atoms with Crippen molar-refractivity contribution in [2.45, 2.75) is 19.1 Å². The van der Waals surface area contributed by atoms with Gasteiger partial charge in [-0.25, -0.2) is 4.31 Å². The van der Waals surface area contributed by atoms with Gasteiger partial charge in [-0.1, -0.05) is 25.8 Å². The van der Waals surface area contributed by atoms with Crippen molar-refractivity contribution in [2.75, 3.05) is 26.3 Å². The molecule has 2 nitrogen and oxygen atoms in total. The zero-order valence-corrected chi connectivity index (χ0v) is 7.49. The van der Waals surface area contributed by atoms with Gasteiger partial charge in [-0.2, -0.15) is 0 Å². The molecule has 1 aliphatic rings. The topological polar surface area (TPSA) is 12.5 Å². The second-order valence-corrected chi connectivity index (χ2v) is 4.37. The summed E-state index contributed by atoms with van der Waals surface area (Å²) in [5.41, 5.74) is 0. The largest absolute Gasteiger partial charge is 0.379 e. The number of hydrogen-bond acceptors (Lipinski definition) is 3. The lowest BCUT2D eigenvalue weighted by atomic mass is 10.5. The maximum absolute atomic E-state index is 5.23. The molecule has 0 saturated carbocycles. The summed E-state index contributed by atoms with van der Waals surface area (Å²) >= 11 is 1.93. The molecular weight excluding hydrogens is 146 g/mol. The molecule has 0 aliphatic carbocycles. The minimum absolute atomic E-state index is 0.707. The van der Waals surface area contributed by atoms with Crippen molar-refractivity contribution in [1.29, 1.82) is 0 Å². The van der Waals surface area contributed by atoms with E-state index < -0.39 is 0 Å². The molecule has 0 unspecified atom stereocenters. The molecule has 0 atom stereocenters. The highest BCUT2D eigenvalue weighted by atomic mass is 32.2. The summed E-state index contributed by atoms with van der Waals surface area (Å²) in [5.74, 6) is 0. The Hall–Kier alpha value is 0.270. The number of hydrogen-bond donors (Lipinski definition) is 0. The van der Waals surface area contributed by atoms with Crippen LogP contribution in [-0.4, -0.2) is 35.9 Å². The van der Waals surface area contributed by atoms with E-state index in [1.165, 1.54) is 0 Å². The highest BCUT2D eigenvalue weighted by Gasteiger charge is 2.11. The molecular formula is C7H15NOS. The maximum Gasteiger partial charge on any atom is 0.0603 e. The minimum atomic E-state index is 0.707. The fourth-order valence-corrected chi connectivity index (χ4v) is 1.91. The van der Waals surface area contributed by atoms with Crippen LogP contribution >= 0.6 is 11.9 Å². The van der Waals surface area contributed by atoms with E-state index in [1.807, 2.05) is 11.9 Å². The summed E-state index contributed by atoms with van der Waals surface area (Å²) in [6.45, 7) is 8.42. The molecule has 10 heavy (non-hydrogen) atoms. The third-order valence-corrected chi connectivity index (χ3v) is 2.41. The molecule has 0 aromatic rings. The van der Waals surface area contributed by atoms with E-state index in [4.69, 9.17) is 4.74 Å². The summed E-state index contributed by atoms with van der Waals surface area (Å²) in [6.07, 6.45) is 0. The van der Waals surface area contributed by atoms with Gasteiger partial charge in [0.15, 0.2) is 0 Å². The average molecular weight is 161 g/mol. The van der Waals surface area contributed by atoms with Gasteiger partial charge in [0.25, 0.3) is 0 Å². The molecule has 0 amide bonds. The molecule has 1 aliphatic heterocycles. The molecule has 1 saturated heterocycles. The molecule has 0 bridgehead atoms. The summed E-state index contributed by atoms with van der Waals surface area (Å²) in [7, 11) is 0. The van der Waals surface area contributed by atoms with Gasteiger partial charge in [0.05, 0.1) is 13.2 Å². The highest BCUT2D eigenvalue weighted by Crippen LogP contribution is 2.16. The Morgan fingerprint density at radius 2 is 1.90 bits per heavy atom. The van der Waals surface area contributed by atoms with E-state index in [0.717, 1.165) is 26.3 Å². The van der Waals surface area contributed by atoms with Crippen LogP contribution in [0.1, 0.15) is 13.8 Å². The van der Waals surface area contributed by atoms with Gasteiger partial charge in [-0.3, -0.25) is 0 Å². The monoisotopic (exact) mass is 161 g/mol. The molecule has 0 N–H and O–H groups in total. The molecule has 0 spiro atoms. The Morgan fingerprint density at radius 1 is 1.30 bits per heavy atom. The number of rotatable bonds is 2. The van der Waals surface area contributed by atoms with Crippen molar-refractivity contribution in [3.63, 3.8) is 0 Å². The molecule has 1 rings (SSSR count). The second-order valence-electron chi connectivity index (χ2n) is 2.70. The first kappa shape index (κ1) is 8.37. The van der Waals surface area contributed by atoms with Crippen molar-refractivity contribution >= 4 is 11.9 Å². The predicted molar refractivity (Wildman–Crippen MR) is 45.1 cm³/mol. The minimum Gasteiger partial charge on any atom is -0.379 e. The number of ether oxygens (including phenoxy) is 1. The third kappa shape index (κ3) is 2.90. The molecule has 0 radical (unpaired) electrons. The lowest BCUT2D eigenvalue weighted by Crippen LogP contribution is -2.32. The van der Waals surface area contributed by atoms with E-state index in [0.29, 0.717) is 5.25 Å². The van der Waals surface area contributed by atoms with Gasteiger partial charge >= 0.3 is 0 Å². The lowest BCUT2D eigenvalue weighted by molar-refractivity contribution is 0.0772. The van der Waals surface area contributed by atoms with Crippen LogP contribution < -0.4 is 0 Å². The quantitative estimate of drug-likeness (QED) is 0.568. The average Bonchev–Trinajstić information content (AvgIpc) is 1.88. The van der Waals surface area contributed by atoms with Crippen LogP contribution in [0.3, 0.4) is 0 Å². The van der Waals surface area contributed by atoms with E-state index in [-0.39, 0.29) is 0 Å². The van der Waals surface area contributed by atoms with E-state index in [9.17, 15) is 0 Å². The summed E-state index contributed by atoms with van der Waals surface area (Å²) < 4.78 is 7.61. The predicted octanol–water partition coefficient (Wildman–Crippen LogP) is 1.38. The zero-order valence-electron chi connectivity index (χ0n) is 6.67. The Morgan fingerprint density at radius 3 is 2.40 bits per heavy atom. The SMILES string of the molecule is CC(C)SN1CCOCC1. The standard InChI is InChI=1S/C7H15NOS/c1-7(2)10-8-3-5-9-6-4-8/h7H,3-6H2,1-2H3. The first-order valence-electron chi connectivity index (χ1n) is 3.78. The van der Waals surface area contributed by atoms with Crippen molar-refractivity contribution in [3.05, 3.63) is 0 Å². The lowest BCUT2D eigenvalue weighted by Gasteiger charge is -2.26. The zero-order chi connectivity index (χ0) is 7.40. The van der Waals surface area contributed by atoms with Crippen molar-refractivity contribution < 1.29 is 4.74 Å². The third-order valence-electron chi connectivity index (χ3n) is 1.33. The van der Waals surface area contributed by atoms with Gasteiger partial charge < -0.3 is 4.74 Å². The second kappa shape index (κ2) is 4.21. The van der Waals surface area contributed by atoms with Gasteiger partial charge in [0.2, 0.25) is 0 Å². The summed E-state index contributed by atoms with van der Waals surface area (Å²) in [4.78, 5) is 0. The van der Waals surface area contributed by atoms with E-state index in [2.05, 4.69) is 18.2 Å². The number of morpholine rings is 1. The molecule has 60 valence electrons. The van der Waals surface area contributed by atoms with Crippen LogP contribution in [0.2, 0.25) is 0 Å². The van der Waals surface area contributed by atoms with Crippen molar-refractivity contribution in [3.8, 4) is 0 Å². The molecule has 1 heterocycles. The Kier molecular flexibility index (Phi) is 3.52. The number of nitrogens with zero attached hydrogens (tertiary/aromatic N) is 1. The molecule has 1 fully saturated rings.